The number of aliphatic imine (C=N–C) groups is 1. The van der Waals surface area contributed by atoms with Crippen LogP contribution in [0.4, 0.5) is 0 Å². The zero-order valence-corrected chi connectivity index (χ0v) is 15.2. The largest absolute Gasteiger partial charge is 0.478 e. The Hall–Kier alpha value is -0.880. The third-order valence-electron chi connectivity index (χ3n) is 5.51. The van der Waals surface area contributed by atoms with Gasteiger partial charge in [-0.2, -0.15) is 0 Å². The predicted molar refractivity (Wildman–Crippen MR) is 98.0 cm³/mol. The lowest BCUT2D eigenvalue weighted by Crippen LogP contribution is -2.30. The van der Waals surface area contributed by atoms with Gasteiger partial charge in [-0.3, -0.25) is 0 Å². The van der Waals surface area contributed by atoms with E-state index in [9.17, 15) is 0 Å². The second-order valence-electron chi connectivity index (χ2n) is 7.57. The van der Waals surface area contributed by atoms with Crippen LogP contribution < -0.4 is 5.30 Å². The average molecular weight is 318 g/mol. The summed E-state index contributed by atoms with van der Waals surface area (Å²) in [6.07, 6.45) is 3.90. The Kier molecular flexibility index (Phi) is 4.59. The quantitative estimate of drug-likeness (QED) is 0.762. The molecule has 0 spiro atoms. The van der Waals surface area contributed by atoms with E-state index in [1.54, 1.807) is 5.30 Å². The molecule has 1 fully saturated rings. The van der Waals surface area contributed by atoms with Crippen molar-refractivity contribution in [1.82, 2.24) is 0 Å². The summed E-state index contributed by atoms with van der Waals surface area (Å²) in [7, 11) is -1.16. The molecule has 3 atom stereocenters. The van der Waals surface area contributed by atoms with Crippen LogP contribution in [-0.4, -0.2) is 37.5 Å². The monoisotopic (exact) mass is 318 g/mol. The van der Waals surface area contributed by atoms with Crippen LogP contribution in [-0.2, 0) is 4.74 Å². The summed E-state index contributed by atoms with van der Waals surface area (Å²) in [6.45, 7) is 10.3. The number of hydrogen-bond acceptors (Lipinski definition) is 2. The van der Waals surface area contributed by atoms with Gasteiger partial charge < -0.3 is 4.74 Å². The van der Waals surface area contributed by atoms with Crippen LogP contribution in [0.3, 0.4) is 0 Å². The number of hydrogen-bond donors (Lipinski definition) is 0. The van der Waals surface area contributed by atoms with Crippen molar-refractivity contribution in [1.29, 1.82) is 0 Å². The van der Waals surface area contributed by atoms with E-state index in [1.165, 1.54) is 19.3 Å². The van der Waals surface area contributed by atoms with Crippen molar-refractivity contribution >= 4 is 18.5 Å². The summed E-state index contributed by atoms with van der Waals surface area (Å²) < 4.78 is 6.04. The third-order valence-corrected chi connectivity index (χ3v) is 9.42. The molecule has 0 bridgehead atoms. The van der Waals surface area contributed by atoms with Gasteiger partial charge in [0.2, 0.25) is 0 Å². The molecule has 1 aliphatic carbocycles. The lowest BCUT2D eigenvalue weighted by Gasteiger charge is -2.29. The van der Waals surface area contributed by atoms with E-state index in [2.05, 4.69) is 57.5 Å². The SMILES string of the molecule is CC(C)[C@H]1COC(C2CCCC2[P+](C)(C)c2ccccc2)=N1. The average Bonchev–Trinajstić information content (AvgIpc) is 3.17. The molecule has 1 saturated carbocycles. The number of nitrogens with zero attached hydrogens (tertiary/aromatic N) is 1. The molecule has 0 amide bonds. The highest BCUT2D eigenvalue weighted by atomic mass is 31.2. The molecular formula is C19H29NOP+. The molecule has 120 valence electrons. The maximum Gasteiger partial charge on any atom is 0.190 e. The number of rotatable bonds is 4. The van der Waals surface area contributed by atoms with E-state index in [0.717, 1.165) is 18.2 Å². The summed E-state index contributed by atoms with van der Waals surface area (Å²) in [5.41, 5.74) is 0.736. The van der Waals surface area contributed by atoms with E-state index in [1.807, 2.05) is 0 Å². The normalized spacial score (nSPS) is 28.8. The first-order valence-corrected chi connectivity index (χ1v) is 11.3. The Morgan fingerprint density at radius 2 is 1.86 bits per heavy atom. The predicted octanol–water partition coefficient (Wildman–Crippen LogP) is 4.21. The van der Waals surface area contributed by atoms with Crippen molar-refractivity contribution in [3.05, 3.63) is 30.3 Å². The van der Waals surface area contributed by atoms with Crippen molar-refractivity contribution in [3.8, 4) is 0 Å². The van der Waals surface area contributed by atoms with Crippen LogP contribution in [0, 0.1) is 11.8 Å². The fourth-order valence-corrected chi connectivity index (χ4v) is 7.29. The van der Waals surface area contributed by atoms with Gasteiger partial charge in [-0.15, -0.1) is 0 Å². The molecular weight excluding hydrogens is 289 g/mol. The summed E-state index contributed by atoms with van der Waals surface area (Å²) in [5, 5.41) is 1.55. The Bertz CT molecular complexity index is 538. The van der Waals surface area contributed by atoms with Gasteiger partial charge in [0.15, 0.2) is 5.90 Å². The maximum absolute atomic E-state index is 6.04. The molecule has 0 aromatic heterocycles. The molecule has 1 heterocycles. The van der Waals surface area contributed by atoms with Gasteiger partial charge in [0, 0.05) is 7.26 Å². The summed E-state index contributed by atoms with van der Waals surface area (Å²) in [6, 6.07) is 11.5. The fourth-order valence-electron chi connectivity index (χ4n) is 3.96. The molecule has 22 heavy (non-hydrogen) atoms. The van der Waals surface area contributed by atoms with Gasteiger partial charge in [-0.1, -0.05) is 32.0 Å². The molecule has 3 rings (SSSR count). The molecule has 0 N–H and O–H groups in total. The zero-order valence-electron chi connectivity index (χ0n) is 14.3. The molecule has 1 aromatic rings. The van der Waals surface area contributed by atoms with Crippen LogP contribution in [0.1, 0.15) is 33.1 Å². The van der Waals surface area contributed by atoms with E-state index in [-0.39, 0.29) is 0 Å². The van der Waals surface area contributed by atoms with Crippen molar-refractivity contribution in [3.63, 3.8) is 0 Å². The number of benzene rings is 1. The fraction of sp³-hybridized carbons (Fsp3) is 0.632. The first-order chi connectivity index (χ1) is 10.5. The topological polar surface area (TPSA) is 21.6 Å². The molecule has 1 aromatic carbocycles. The van der Waals surface area contributed by atoms with Gasteiger partial charge in [0.25, 0.3) is 0 Å². The molecule has 1 aliphatic heterocycles. The van der Waals surface area contributed by atoms with E-state index < -0.39 is 7.26 Å². The highest BCUT2D eigenvalue weighted by Crippen LogP contribution is 2.62. The van der Waals surface area contributed by atoms with Gasteiger partial charge in [-0.25, -0.2) is 4.99 Å². The van der Waals surface area contributed by atoms with Crippen molar-refractivity contribution in [2.45, 2.75) is 44.8 Å². The minimum Gasteiger partial charge on any atom is -0.478 e. The van der Waals surface area contributed by atoms with Gasteiger partial charge in [0.05, 0.1) is 36.3 Å². The second-order valence-corrected chi connectivity index (χ2v) is 11.8. The summed E-state index contributed by atoms with van der Waals surface area (Å²) in [5.74, 6) is 2.20. The minimum atomic E-state index is -1.16. The van der Waals surface area contributed by atoms with Crippen LogP contribution in [0.15, 0.2) is 35.3 Å². The van der Waals surface area contributed by atoms with Crippen LogP contribution >= 0.6 is 7.26 Å². The van der Waals surface area contributed by atoms with Gasteiger partial charge in [-0.05, 0) is 37.3 Å². The molecule has 0 radical (unpaired) electrons. The van der Waals surface area contributed by atoms with Crippen LogP contribution in [0.2, 0.25) is 0 Å². The number of ether oxygens (including phenoxy) is 1. The lowest BCUT2D eigenvalue weighted by atomic mass is 10.1. The molecule has 3 heteroatoms. The Balaban J connectivity index is 1.83. The van der Waals surface area contributed by atoms with E-state index >= 15 is 0 Å². The summed E-state index contributed by atoms with van der Waals surface area (Å²) >= 11 is 0. The second kappa shape index (κ2) is 6.32. The van der Waals surface area contributed by atoms with Crippen molar-refractivity contribution < 1.29 is 4.74 Å². The zero-order chi connectivity index (χ0) is 15.7. The van der Waals surface area contributed by atoms with Crippen molar-refractivity contribution in [2.75, 3.05) is 19.9 Å². The molecule has 2 unspecified atom stereocenters. The van der Waals surface area contributed by atoms with E-state index in [0.29, 0.717) is 17.9 Å². The van der Waals surface area contributed by atoms with Gasteiger partial charge >= 0.3 is 0 Å². The molecule has 2 nitrogen and oxygen atoms in total. The van der Waals surface area contributed by atoms with E-state index in [4.69, 9.17) is 9.73 Å². The van der Waals surface area contributed by atoms with Crippen molar-refractivity contribution in [2.24, 2.45) is 16.8 Å². The van der Waals surface area contributed by atoms with Crippen LogP contribution in [0.5, 0.6) is 0 Å². The van der Waals surface area contributed by atoms with Gasteiger partial charge in [0.1, 0.15) is 6.61 Å². The third kappa shape index (κ3) is 2.95. The first-order valence-electron chi connectivity index (χ1n) is 8.60. The summed E-state index contributed by atoms with van der Waals surface area (Å²) in [4.78, 5) is 4.94. The van der Waals surface area contributed by atoms with Crippen LogP contribution in [0.25, 0.3) is 0 Å². The maximum atomic E-state index is 6.04. The first kappa shape index (κ1) is 16.0. The standard InChI is InChI=1S/C19H29NOP/c1-14(2)17-13-21-19(20-17)16-11-8-12-18(16)22(3,4)15-9-6-5-7-10-15/h5-7,9-10,14,16-18H,8,11-13H2,1-4H3/q+1/t16?,17-,18?/m1/s1. The molecule has 0 saturated heterocycles. The highest BCUT2D eigenvalue weighted by molar-refractivity contribution is 7.82. The highest BCUT2D eigenvalue weighted by Gasteiger charge is 2.49. The Labute approximate surface area is 135 Å². The Morgan fingerprint density at radius 3 is 2.50 bits per heavy atom. The lowest BCUT2D eigenvalue weighted by molar-refractivity contribution is 0.277. The minimum absolute atomic E-state index is 0.370. The smallest absolute Gasteiger partial charge is 0.190 e. The Morgan fingerprint density at radius 1 is 1.14 bits per heavy atom. The molecule has 2 aliphatic rings.